The molecule has 1 unspecified atom stereocenters. The number of nitriles is 1. The van der Waals surface area contributed by atoms with Crippen molar-refractivity contribution in [2.75, 3.05) is 5.32 Å². The van der Waals surface area contributed by atoms with E-state index in [0.717, 1.165) is 0 Å². The van der Waals surface area contributed by atoms with Gasteiger partial charge in [-0.3, -0.25) is 4.79 Å². The summed E-state index contributed by atoms with van der Waals surface area (Å²) in [6.07, 6.45) is 0. The van der Waals surface area contributed by atoms with Crippen molar-refractivity contribution >= 4 is 22.4 Å². The van der Waals surface area contributed by atoms with E-state index in [-0.39, 0.29) is 11.4 Å². The Morgan fingerprint density at radius 2 is 2.11 bits per heavy atom. The quantitative estimate of drug-likeness (QED) is 0.877. The predicted molar refractivity (Wildman–Crippen MR) is 72.5 cm³/mol. The molecule has 0 aromatic carbocycles. The minimum absolute atomic E-state index is 0.0996. The van der Waals surface area contributed by atoms with Crippen LogP contribution < -0.4 is 10.6 Å². The molecule has 1 rings (SSSR count). The van der Waals surface area contributed by atoms with Crippen LogP contribution in [0.5, 0.6) is 0 Å². The van der Waals surface area contributed by atoms with E-state index in [2.05, 4.69) is 21.1 Å². The standard InChI is InChI=1S/C12H18N4OS/c1-7-9(6-13)11(18-16-7)14-8(2)10(17)15-12(3,4)5/h8,14H,1-5H3,(H,15,17). The fourth-order valence-electron chi connectivity index (χ4n) is 1.34. The van der Waals surface area contributed by atoms with Gasteiger partial charge in [-0.1, -0.05) is 0 Å². The van der Waals surface area contributed by atoms with E-state index in [1.54, 1.807) is 13.8 Å². The van der Waals surface area contributed by atoms with Gasteiger partial charge in [0.05, 0.1) is 5.69 Å². The molecule has 1 aromatic heterocycles. The topological polar surface area (TPSA) is 77.8 Å². The van der Waals surface area contributed by atoms with E-state index in [0.29, 0.717) is 16.3 Å². The average molecular weight is 266 g/mol. The fraction of sp³-hybridized carbons (Fsp3) is 0.583. The molecule has 18 heavy (non-hydrogen) atoms. The molecule has 5 nitrogen and oxygen atoms in total. The van der Waals surface area contributed by atoms with Gasteiger partial charge in [0.25, 0.3) is 0 Å². The fourth-order valence-corrected chi connectivity index (χ4v) is 2.17. The second kappa shape index (κ2) is 5.36. The third-order valence-electron chi connectivity index (χ3n) is 2.21. The van der Waals surface area contributed by atoms with Crippen molar-refractivity contribution in [1.29, 1.82) is 5.26 Å². The Hall–Kier alpha value is -1.61. The van der Waals surface area contributed by atoms with Crippen LogP contribution in [0.3, 0.4) is 0 Å². The molecule has 1 amide bonds. The van der Waals surface area contributed by atoms with Gasteiger partial charge in [-0.15, -0.1) is 0 Å². The first-order chi connectivity index (χ1) is 8.24. The number of nitrogens with one attached hydrogen (secondary N) is 2. The number of nitrogens with zero attached hydrogens (tertiary/aromatic N) is 2. The zero-order valence-corrected chi connectivity index (χ0v) is 12.1. The Morgan fingerprint density at radius 1 is 1.50 bits per heavy atom. The van der Waals surface area contributed by atoms with Crippen molar-refractivity contribution in [2.45, 2.75) is 46.2 Å². The summed E-state index contributed by atoms with van der Waals surface area (Å²) in [5.41, 5.74) is 0.929. The zero-order valence-electron chi connectivity index (χ0n) is 11.3. The summed E-state index contributed by atoms with van der Waals surface area (Å²) in [5, 5.41) is 15.6. The third-order valence-corrected chi connectivity index (χ3v) is 3.08. The van der Waals surface area contributed by atoms with Crippen LogP contribution in [0.15, 0.2) is 0 Å². The van der Waals surface area contributed by atoms with Gasteiger partial charge in [0, 0.05) is 5.54 Å². The van der Waals surface area contributed by atoms with Gasteiger partial charge in [0.1, 0.15) is 22.7 Å². The first kappa shape index (κ1) is 14.5. The predicted octanol–water partition coefficient (Wildman–Crippen LogP) is 2.04. The Labute approximate surface area is 111 Å². The number of rotatable bonds is 3. The van der Waals surface area contributed by atoms with Crippen molar-refractivity contribution < 1.29 is 4.79 Å². The number of aryl methyl sites for hydroxylation is 1. The molecule has 0 fully saturated rings. The number of aromatic nitrogens is 1. The van der Waals surface area contributed by atoms with Crippen LogP contribution in [0, 0.1) is 18.3 Å². The van der Waals surface area contributed by atoms with Crippen LogP contribution >= 0.6 is 11.5 Å². The molecule has 1 heterocycles. The highest BCUT2D eigenvalue weighted by Gasteiger charge is 2.21. The van der Waals surface area contributed by atoms with Gasteiger partial charge < -0.3 is 10.6 Å². The SMILES string of the molecule is Cc1nsc(NC(C)C(=O)NC(C)(C)C)c1C#N. The first-order valence-electron chi connectivity index (χ1n) is 5.69. The maximum atomic E-state index is 11.9. The minimum atomic E-state index is -0.406. The summed E-state index contributed by atoms with van der Waals surface area (Å²) < 4.78 is 4.10. The van der Waals surface area contributed by atoms with E-state index >= 15 is 0 Å². The molecule has 98 valence electrons. The van der Waals surface area contributed by atoms with Crippen molar-refractivity contribution in [2.24, 2.45) is 0 Å². The van der Waals surface area contributed by atoms with Crippen LogP contribution in [-0.2, 0) is 4.79 Å². The van der Waals surface area contributed by atoms with Crippen molar-refractivity contribution in [1.82, 2.24) is 9.69 Å². The molecule has 0 aliphatic rings. The molecule has 0 aliphatic carbocycles. The second-order valence-corrected chi connectivity index (χ2v) is 5.96. The molecule has 1 atom stereocenters. The number of anilines is 1. The van der Waals surface area contributed by atoms with E-state index in [1.165, 1.54) is 11.5 Å². The summed E-state index contributed by atoms with van der Waals surface area (Å²) in [6.45, 7) is 9.32. The van der Waals surface area contributed by atoms with Gasteiger partial charge in [-0.25, -0.2) is 0 Å². The third kappa shape index (κ3) is 3.70. The van der Waals surface area contributed by atoms with Gasteiger partial charge in [-0.05, 0) is 46.2 Å². The first-order valence-corrected chi connectivity index (χ1v) is 6.47. The van der Waals surface area contributed by atoms with Crippen molar-refractivity contribution in [3.8, 4) is 6.07 Å². The lowest BCUT2D eigenvalue weighted by atomic mass is 10.1. The molecule has 0 spiro atoms. The maximum Gasteiger partial charge on any atom is 0.242 e. The van der Waals surface area contributed by atoms with Gasteiger partial charge >= 0.3 is 0 Å². The lowest BCUT2D eigenvalue weighted by Crippen LogP contribution is -2.47. The van der Waals surface area contributed by atoms with Crippen LogP contribution in [0.25, 0.3) is 0 Å². The van der Waals surface area contributed by atoms with Crippen LogP contribution in [0.1, 0.15) is 39.0 Å². The molecule has 0 saturated heterocycles. The van der Waals surface area contributed by atoms with Gasteiger partial charge in [0.2, 0.25) is 5.91 Å². The largest absolute Gasteiger partial charge is 0.363 e. The Morgan fingerprint density at radius 3 is 2.61 bits per heavy atom. The molecule has 0 aliphatic heterocycles. The smallest absolute Gasteiger partial charge is 0.242 e. The molecule has 0 saturated carbocycles. The van der Waals surface area contributed by atoms with E-state index in [4.69, 9.17) is 5.26 Å². The second-order valence-electron chi connectivity index (χ2n) is 5.19. The molecule has 0 radical (unpaired) electrons. The Balaban J connectivity index is 2.73. The highest BCUT2D eigenvalue weighted by molar-refractivity contribution is 7.10. The van der Waals surface area contributed by atoms with Crippen LogP contribution in [0.2, 0.25) is 0 Å². The van der Waals surface area contributed by atoms with Crippen molar-refractivity contribution in [3.63, 3.8) is 0 Å². The van der Waals surface area contributed by atoms with Gasteiger partial charge in [-0.2, -0.15) is 9.64 Å². The number of carbonyl (C=O) groups is 1. The van der Waals surface area contributed by atoms with E-state index in [1.807, 2.05) is 20.8 Å². The number of carbonyl (C=O) groups excluding carboxylic acids is 1. The summed E-state index contributed by atoms with van der Waals surface area (Å²) in [7, 11) is 0. The Bertz CT molecular complexity index is 481. The number of hydrogen-bond donors (Lipinski definition) is 2. The minimum Gasteiger partial charge on any atom is -0.363 e. The van der Waals surface area contributed by atoms with E-state index < -0.39 is 6.04 Å². The summed E-state index contributed by atoms with van der Waals surface area (Å²) in [5.74, 6) is -0.0996. The van der Waals surface area contributed by atoms with Crippen LogP contribution in [0.4, 0.5) is 5.00 Å². The summed E-state index contributed by atoms with van der Waals surface area (Å²) >= 11 is 1.20. The molecular formula is C12H18N4OS. The lowest BCUT2D eigenvalue weighted by molar-refractivity contribution is -0.122. The van der Waals surface area contributed by atoms with E-state index in [9.17, 15) is 4.79 Å². The lowest BCUT2D eigenvalue weighted by Gasteiger charge is -2.23. The number of amides is 1. The van der Waals surface area contributed by atoms with Gasteiger partial charge in [0.15, 0.2) is 0 Å². The zero-order chi connectivity index (χ0) is 13.9. The monoisotopic (exact) mass is 266 g/mol. The summed E-state index contributed by atoms with van der Waals surface area (Å²) in [4.78, 5) is 11.9. The van der Waals surface area contributed by atoms with Crippen LogP contribution in [-0.4, -0.2) is 21.9 Å². The number of hydrogen-bond acceptors (Lipinski definition) is 5. The summed E-state index contributed by atoms with van der Waals surface area (Å²) in [6, 6.07) is 1.68. The average Bonchev–Trinajstić information content (AvgIpc) is 2.56. The molecule has 1 aromatic rings. The molecule has 2 N–H and O–H groups in total. The highest BCUT2D eigenvalue weighted by atomic mass is 32.1. The normalized spacial score (nSPS) is 12.7. The highest BCUT2D eigenvalue weighted by Crippen LogP contribution is 2.24. The molecule has 6 heteroatoms. The van der Waals surface area contributed by atoms with Crippen molar-refractivity contribution in [3.05, 3.63) is 11.3 Å². The maximum absolute atomic E-state index is 11.9. The molecule has 0 bridgehead atoms. The molecular weight excluding hydrogens is 248 g/mol. The Kier molecular flexibility index (Phi) is 4.30.